The second-order valence-electron chi connectivity index (χ2n) is 4.57. The first-order chi connectivity index (χ1) is 9.61. The van der Waals surface area contributed by atoms with Crippen molar-refractivity contribution in [3.8, 4) is 5.75 Å². The Morgan fingerprint density at radius 3 is 2.55 bits per heavy atom. The summed E-state index contributed by atoms with van der Waals surface area (Å²) in [7, 11) is 0. The molecule has 0 saturated carbocycles. The number of nitrogens with one attached hydrogen (secondary N) is 1. The molecule has 20 heavy (non-hydrogen) atoms. The van der Waals surface area contributed by atoms with Gasteiger partial charge in [-0.3, -0.25) is 0 Å². The Labute approximate surface area is 128 Å². The molecule has 0 radical (unpaired) electrons. The first-order valence-electron chi connectivity index (χ1n) is 6.65. The highest BCUT2D eigenvalue weighted by atomic mass is 79.9. The van der Waals surface area contributed by atoms with E-state index in [0.29, 0.717) is 12.3 Å². The van der Waals surface area contributed by atoms with Crippen LogP contribution < -0.4 is 15.8 Å². The molecule has 0 fully saturated rings. The Bertz CT molecular complexity index is 569. The van der Waals surface area contributed by atoms with Gasteiger partial charge in [0.05, 0.1) is 18.0 Å². The van der Waals surface area contributed by atoms with E-state index in [1.807, 2.05) is 37.3 Å². The molecule has 1 atom stereocenters. The van der Waals surface area contributed by atoms with Crippen molar-refractivity contribution in [3.05, 3.63) is 52.5 Å². The van der Waals surface area contributed by atoms with Crippen molar-refractivity contribution >= 4 is 27.3 Å². The number of hydrogen-bond donors (Lipinski definition) is 2. The average Bonchev–Trinajstić information content (AvgIpc) is 2.44. The number of hydrogen-bond acceptors (Lipinski definition) is 3. The fraction of sp³-hybridized carbons (Fsp3) is 0.250. The molecule has 3 nitrogen and oxygen atoms in total. The van der Waals surface area contributed by atoms with Gasteiger partial charge in [-0.15, -0.1) is 0 Å². The van der Waals surface area contributed by atoms with E-state index in [4.69, 9.17) is 10.5 Å². The zero-order valence-electron chi connectivity index (χ0n) is 11.7. The van der Waals surface area contributed by atoms with Crippen molar-refractivity contribution in [1.82, 2.24) is 0 Å². The molecule has 0 saturated heterocycles. The predicted octanol–water partition coefficient (Wildman–Crippen LogP) is 4.60. The number of rotatable bonds is 5. The zero-order valence-corrected chi connectivity index (χ0v) is 13.3. The molecule has 0 aliphatic heterocycles. The Kier molecular flexibility index (Phi) is 4.90. The maximum Gasteiger partial charge on any atom is 0.144 e. The van der Waals surface area contributed by atoms with E-state index < -0.39 is 0 Å². The number of nitrogens with two attached hydrogens (primary N) is 1. The molecule has 0 bridgehead atoms. The summed E-state index contributed by atoms with van der Waals surface area (Å²) in [5.41, 5.74) is 8.87. The lowest BCUT2D eigenvalue weighted by Crippen LogP contribution is -2.09. The molecule has 0 aliphatic carbocycles. The molecule has 1 unspecified atom stereocenters. The minimum atomic E-state index is 0.169. The van der Waals surface area contributed by atoms with Crippen LogP contribution in [0.2, 0.25) is 0 Å². The van der Waals surface area contributed by atoms with Crippen LogP contribution in [-0.2, 0) is 0 Å². The topological polar surface area (TPSA) is 47.3 Å². The Hall–Kier alpha value is -1.68. The molecule has 2 aromatic carbocycles. The van der Waals surface area contributed by atoms with Crippen molar-refractivity contribution in [2.24, 2.45) is 0 Å². The highest BCUT2D eigenvalue weighted by molar-refractivity contribution is 9.10. The van der Waals surface area contributed by atoms with Gasteiger partial charge in [0.25, 0.3) is 0 Å². The second kappa shape index (κ2) is 6.66. The molecule has 3 N–H and O–H groups in total. The molecular formula is C16H19BrN2O. The molecule has 0 aromatic heterocycles. The van der Waals surface area contributed by atoms with Gasteiger partial charge in [0, 0.05) is 10.5 Å². The third-order valence-corrected chi connectivity index (χ3v) is 3.64. The van der Waals surface area contributed by atoms with Crippen LogP contribution in [0, 0.1) is 0 Å². The highest BCUT2D eigenvalue weighted by Gasteiger charge is 2.10. The van der Waals surface area contributed by atoms with Gasteiger partial charge in [0.2, 0.25) is 0 Å². The van der Waals surface area contributed by atoms with Crippen molar-refractivity contribution in [3.63, 3.8) is 0 Å². The van der Waals surface area contributed by atoms with E-state index >= 15 is 0 Å². The normalized spacial score (nSPS) is 11.9. The van der Waals surface area contributed by atoms with E-state index in [-0.39, 0.29) is 6.04 Å². The Morgan fingerprint density at radius 2 is 1.90 bits per heavy atom. The van der Waals surface area contributed by atoms with Gasteiger partial charge in [-0.25, -0.2) is 0 Å². The fourth-order valence-electron chi connectivity index (χ4n) is 2.02. The SMILES string of the molecule is CCOc1cccc(NC(C)c2ccc(Br)cc2)c1N. The zero-order chi connectivity index (χ0) is 14.5. The number of anilines is 2. The monoisotopic (exact) mass is 334 g/mol. The smallest absolute Gasteiger partial charge is 0.144 e. The van der Waals surface area contributed by atoms with Gasteiger partial charge in [0.15, 0.2) is 0 Å². The minimum absolute atomic E-state index is 0.169. The maximum atomic E-state index is 6.12. The van der Waals surface area contributed by atoms with E-state index in [9.17, 15) is 0 Å². The fourth-order valence-corrected chi connectivity index (χ4v) is 2.28. The average molecular weight is 335 g/mol. The van der Waals surface area contributed by atoms with Gasteiger partial charge < -0.3 is 15.8 Å². The lowest BCUT2D eigenvalue weighted by Gasteiger charge is -2.18. The molecule has 0 heterocycles. The first-order valence-corrected chi connectivity index (χ1v) is 7.44. The number of benzene rings is 2. The van der Waals surface area contributed by atoms with Crippen molar-refractivity contribution in [2.75, 3.05) is 17.7 Å². The van der Waals surface area contributed by atoms with Gasteiger partial charge in [-0.05, 0) is 43.7 Å². The van der Waals surface area contributed by atoms with E-state index in [1.54, 1.807) is 0 Å². The standard InChI is InChI=1S/C16H19BrN2O/c1-3-20-15-6-4-5-14(16(15)18)19-11(2)12-7-9-13(17)10-8-12/h4-11,19H,3,18H2,1-2H3. The summed E-state index contributed by atoms with van der Waals surface area (Å²) in [5, 5.41) is 3.42. The Balaban J connectivity index is 2.17. The van der Waals surface area contributed by atoms with Crippen molar-refractivity contribution in [1.29, 1.82) is 0 Å². The number of ether oxygens (including phenoxy) is 1. The molecule has 4 heteroatoms. The quantitative estimate of drug-likeness (QED) is 0.785. The van der Waals surface area contributed by atoms with E-state index in [2.05, 4.69) is 40.3 Å². The first kappa shape index (κ1) is 14.7. The molecule has 0 spiro atoms. The third kappa shape index (κ3) is 3.45. The van der Waals surface area contributed by atoms with Crippen LogP contribution in [0.1, 0.15) is 25.5 Å². The molecule has 2 rings (SSSR count). The van der Waals surface area contributed by atoms with Crippen LogP contribution in [0.15, 0.2) is 46.9 Å². The van der Waals surface area contributed by atoms with Gasteiger partial charge >= 0.3 is 0 Å². The van der Waals surface area contributed by atoms with Crippen molar-refractivity contribution in [2.45, 2.75) is 19.9 Å². The third-order valence-electron chi connectivity index (χ3n) is 3.11. The summed E-state index contributed by atoms with van der Waals surface area (Å²) in [4.78, 5) is 0. The molecular weight excluding hydrogens is 316 g/mol. The summed E-state index contributed by atoms with van der Waals surface area (Å²) >= 11 is 3.44. The molecule has 106 valence electrons. The van der Waals surface area contributed by atoms with Crippen LogP contribution in [0.4, 0.5) is 11.4 Å². The highest BCUT2D eigenvalue weighted by Crippen LogP contribution is 2.32. The molecule has 0 aliphatic rings. The number of nitrogen functional groups attached to an aromatic ring is 1. The lowest BCUT2D eigenvalue weighted by atomic mass is 10.1. The summed E-state index contributed by atoms with van der Waals surface area (Å²) in [6.45, 7) is 4.66. The van der Waals surface area contributed by atoms with E-state index in [1.165, 1.54) is 5.56 Å². The summed E-state index contributed by atoms with van der Waals surface area (Å²) in [6, 6.07) is 14.2. The van der Waals surface area contributed by atoms with Gasteiger partial charge in [-0.1, -0.05) is 34.1 Å². The summed E-state index contributed by atoms with van der Waals surface area (Å²) in [6.07, 6.45) is 0. The minimum Gasteiger partial charge on any atom is -0.492 e. The Morgan fingerprint density at radius 1 is 1.20 bits per heavy atom. The molecule has 0 amide bonds. The van der Waals surface area contributed by atoms with E-state index in [0.717, 1.165) is 15.9 Å². The van der Waals surface area contributed by atoms with Crippen LogP contribution in [-0.4, -0.2) is 6.61 Å². The van der Waals surface area contributed by atoms with Crippen LogP contribution in [0.25, 0.3) is 0 Å². The molecule has 2 aromatic rings. The van der Waals surface area contributed by atoms with Gasteiger partial charge in [-0.2, -0.15) is 0 Å². The summed E-state index contributed by atoms with van der Waals surface area (Å²) < 4.78 is 6.58. The van der Waals surface area contributed by atoms with Crippen LogP contribution in [0.3, 0.4) is 0 Å². The predicted molar refractivity (Wildman–Crippen MR) is 88.2 cm³/mol. The van der Waals surface area contributed by atoms with Crippen molar-refractivity contribution < 1.29 is 4.74 Å². The number of para-hydroxylation sites is 1. The number of halogens is 1. The largest absolute Gasteiger partial charge is 0.492 e. The second-order valence-corrected chi connectivity index (χ2v) is 5.48. The van der Waals surface area contributed by atoms with Crippen LogP contribution >= 0.6 is 15.9 Å². The maximum absolute atomic E-state index is 6.12. The van der Waals surface area contributed by atoms with Gasteiger partial charge in [0.1, 0.15) is 5.75 Å². The lowest BCUT2D eigenvalue weighted by molar-refractivity contribution is 0.342. The van der Waals surface area contributed by atoms with Crippen LogP contribution in [0.5, 0.6) is 5.75 Å². The summed E-state index contributed by atoms with van der Waals surface area (Å²) in [5.74, 6) is 0.723.